The van der Waals surface area contributed by atoms with Gasteiger partial charge in [0.2, 0.25) is 0 Å². The minimum absolute atomic E-state index is 0.266. The van der Waals surface area contributed by atoms with E-state index in [1.807, 2.05) is 24.3 Å². The zero-order valence-corrected chi connectivity index (χ0v) is 17.2. The number of nitrogen functional groups attached to an aromatic ring is 1. The molecule has 0 amide bonds. The Bertz CT molecular complexity index is 1090. The molecule has 7 heteroatoms. The Balaban J connectivity index is 1.40. The first-order valence-corrected chi connectivity index (χ1v) is 10.5. The Hall–Kier alpha value is -3.06. The van der Waals surface area contributed by atoms with Crippen LogP contribution in [-0.4, -0.2) is 53.3 Å². The Morgan fingerprint density at radius 3 is 2.90 bits per heavy atom. The van der Waals surface area contributed by atoms with Crippen LogP contribution < -0.4 is 15.4 Å². The number of hydrogen-bond acceptors (Lipinski definition) is 7. The molecule has 0 saturated carbocycles. The van der Waals surface area contributed by atoms with Crippen molar-refractivity contribution in [1.29, 1.82) is 0 Å². The van der Waals surface area contributed by atoms with Crippen molar-refractivity contribution in [2.75, 3.05) is 43.9 Å². The number of anilines is 2. The summed E-state index contributed by atoms with van der Waals surface area (Å²) in [5, 5.41) is 12.4. The number of aromatic nitrogens is 2. The minimum atomic E-state index is 0.266. The summed E-state index contributed by atoms with van der Waals surface area (Å²) in [6, 6.07) is 12.1. The highest BCUT2D eigenvalue weighted by Gasteiger charge is 2.25. The molecule has 30 heavy (non-hydrogen) atoms. The summed E-state index contributed by atoms with van der Waals surface area (Å²) in [5.74, 6) is 1.28. The SMILES string of the molecule is CN1CCC(COc2nc(N)c3c(n2)CN(c2cc(O)cc4ccccc24)CC3)C1. The van der Waals surface area contributed by atoms with Crippen molar-refractivity contribution in [2.24, 2.45) is 5.92 Å². The van der Waals surface area contributed by atoms with Crippen molar-refractivity contribution < 1.29 is 9.84 Å². The second kappa shape index (κ2) is 7.65. The second-order valence-corrected chi connectivity index (χ2v) is 8.40. The van der Waals surface area contributed by atoms with Gasteiger partial charge in [0.15, 0.2) is 0 Å². The van der Waals surface area contributed by atoms with Gasteiger partial charge in [-0.2, -0.15) is 9.97 Å². The van der Waals surface area contributed by atoms with Crippen LogP contribution in [0.3, 0.4) is 0 Å². The van der Waals surface area contributed by atoms with Gasteiger partial charge in [-0.3, -0.25) is 0 Å². The smallest absolute Gasteiger partial charge is 0.318 e. The molecule has 1 atom stereocenters. The molecular formula is C23H27N5O2. The monoisotopic (exact) mass is 405 g/mol. The van der Waals surface area contributed by atoms with Crippen molar-refractivity contribution in [3.05, 3.63) is 47.7 Å². The van der Waals surface area contributed by atoms with E-state index in [9.17, 15) is 5.11 Å². The van der Waals surface area contributed by atoms with Gasteiger partial charge in [0, 0.05) is 41.7 Å². The van der Waals surface area contributed by atoms with Gasteiger partial charge in [0.05, 0.1) is 18.8 Å². The second-order valence-electron chi connectivity index (χ2n) is 8.40. The zero-order valence-electron chi connectivity index (χ0n) is 17.2. The molecule has 1 unspecified atom stereocenters. The van der Waals surface area contributed by atoms with E-state index in [4.69, 9.17) is 15.5 Å². The lowest BCUT2D eigenvalue weighted by atomic mass is 10.0. The average molecular weight is 406 g/mol. The van der Waals surface area contributed by atoms with Gasteiger partial charge >= 0.3 is 6.01 Å². The van der Waals surface area contributed by atoms with Crippen LogP contribution in [0.5, 0.6) is 11.8 Å². The molecule has 7 nitrogen and oxygen atoms in total. The summed E-state index contributed by atoms with van der Waals surface area (Å²) >= 11 is 0. The fourth-order valence-electron chi connectivity index (χ4n) is 4.60. The molecule has 0 radical (unpaired) electrons. The number of benzene rings is 2. The number of hydrogen-bond donors (Lipinski definition) is 2. The average Bonchev–Trinajstić information content (AvgIpc) is 3.16. The van der Waals surface area contributed by atoms with Crippen LogP contribution in [0, 0.1) is 5.92 Å². The Labute approximate surface area is 176 Å². The molecular weight excluding hydrogens is 378 g/mol. The molecule has 0 spiro atoms. The molecule has 2 aromatic carbocycles. The van der Waals surface area contributed by atoms with Crippen molar-refractivity contribution in [2.45, 2.75) is 19.4 Å². The summed E-state index contributed by atoms with van der Waals surface area (Å²) in [4.78, 5) is 13.7. The molecule has 2 aliphatic rings. The van der Waals surface area contributed by atoms with Crippen LogP contribution in [-0.2, 0) is 13.0 Å². The normalized spacial score (nSPS) is 19.2. The topological polar surface area (TPSA) is 87.7 Å². The highest BCUT2D eigenvalue weighted by molar-refractivity contribution is 5.95. The Kier molecular flexibility index (Phi) is 4.83. The van der Waals surface area contributed by atoms with E-state index in [0.717, 1.165) is 60.2 Å². The van der Waals surface area contributed by atoms with Gasteiger partial charge < -0.3 is 25.4 Å². The van der Waals surface area contributed by atoms with Gasteiger partial charge in [0.25, 0.3) is 0 Å². The maximum atomic E-state index is 10.2. The van der Waals surface area contributed by atoms with Crippen molar-refractivity contribution >= 4 is 22.3 Å². The largest absolute Gasteiger partial charge is 0.508 e. The summed E-state index contributed by atoms with van der Waals surface area (Å²) in [5.41, 5.74) is 9.16. The predicted molar refractivity (Wildman–Crippen MR) is 118 cm³/mol. The fraction of sp³-hybridized carbons (Fsp3) is 0.391. The van der Waals surface area contributed by atoms with Crippen molar-refractivity contribution in [1.82, 2.24) is 14.9 Å². The lowest BCUT2D eigenvalue weighted by molar-refractivity contribution is 0.231. The van der Waals surface area contributed by atoms with Crippen LogP contribution in [0.4, 0.5) is 11.5 Å². The van der Waals surface area contributed by atoms with Crippen LogP contribution >= 0.6 is 0 Å². The lowest BCUT2D eigenvalue weighted by Gasteiger charge is -2.31. The van der Waals surface area contributed by atoms with E-state index in [-0.39, 0.29) is 5.75 Å². The van der Waals surface area contributed by atoms with Crippen LogP contribution in [0.2, 0.25) is 0 Å². The Morgan fingerprint density at radius 1 is 1.20 bits per heavy atom. The first-order chi connectivity index (χ1) is 14.6. The Morgan fingerprint density at radius 2 is 2.07 bits per heavy atom. The maximum Gasteiger partial charge on any atom is 0.318 e. The van der Waals surface area contributed by atoms with Gasteiger partial charge in [0.1, 0.15) is 11.6 Å². The number of aromatic hydroxyl groups is 1. The first kappa shape index (κ1) is 18.9. The minimum Gasteiger partial charge on any atom is -0.508 e. The van der Waals surface area contributed by atoms with E-state index < -0.39 is 0 Å². The predicted octanol–water partition coefficient (Wildman–Crippen LogP) is 2.81. The van der Waals surface area contributed by atoms with Gasteiger partial charge in [-0.05, 0) is 37.9 Å². The molecule has 1 aromatic heterocycles. The summed E-state index contributed by atoms with van der Waals surface area (Å²) < 4.78 is 5.93. The number of fused-ring (bicyclic) bond motifs is 2. The number of likely N-dealkylation sites (tertiary alicyclic amines) is 1. The molecule has 0 bridgehead atoms. The molecule has 1 fully saturated rings. The number of nitrogens with zero attached hydrogens (tertiary/aromatic N) is 4. The summed E-state index contributed by atoms with van der Waals surface area (Å²) in [7, 11) is 2.13. The third kappa shape index (κ3) is 3.61. The van der Waals surface area contributed by atoms with Crippen LogP contribution in [0.1, 0.15) is 17.7 Å². The molecule has 1 saturated heterocycles. The van der Waals surface area contributed by atoms with Crippen molar-refractivity contribution in [3.8, 4) is 11.8 Å². The highest BCUT2D eigenvalue weighted by Crippen LogP contribution is 2.35. The van der Waals surface area contributed by atoms with E-state index >= 15 is 0 Å². The number of ether oxygens (including phenoxy) is 1. The third-order valence-corrected chi connectivity index (χ3v) is 6.18. The van der Waals surface area contributed by atoms with Crippen molar-refractivity contribution in [3.63, 3.8) is 0 Å². The van der Waals surface area contributed by atoms with Gasteiger partial charge in [-0.25, -0.2) is 0 Å². The number of nitrogens with two attached hydrogens (primary N) is 1. The summed E-state index contributed by atoms with van der Waals surface area (Å²) in [6.45, 7) is 4.16. The number of rotatable bonds is 4. The van der Waals surface area contributed by atoms with E-state index in [1.54, 1.807) is 6.07 Å². The van der Waals surface area contributed by atoms with E-state index in [0.29, 0.717) is 30.9 Å². The zero-order chi connectivity index (χ0) is 20.7. The standard InChI is InChI=1S/C23H27N5O2/c1-27-8-6-15(12-27)14-30-23-25-20-13-28(9-7-19(20)22(24)26-23)21-11-17(29)10-16-4-2-3-5-18(16)21/h2-5,10-11,15,29H,6-9,12-14H2,1H3,(H2,24,25,26). The number of phenolic OH excluding ortho intramolecular Hbond substituents is 1. The quantitative estimate of drug-likeness (QED) is 0.690. The molecule has 3 aromatic rings. The van der Waals surface area contributed by atoms with Crippen LogP contribution in [0.25, 0.3) is 10.8 Å². The third-order valence-electron chi connectivity index (χ3n) is 6.18. The van der Waals surface area contributed by atoms with E-state index in [2.05, 4.69) is 27.9 Å². The van der Waals surface area contributed by atoms with Gasteiger partial charge in [-0.15, -0.1) is 0 Å². The fourth-order valence-corrected chi connectivity index (χ4v) is 4.60. The molecule has 2 aliphatic heterocycles. The molecule has 0 aliphatic carbocycles. The first-order valence-electron chi connectivity index (χ1n) is 10.5. The maximum absolute atomic E-state index is 10.2. The number of phenols is 1. The molecule has 3 heterocycles. The highest BCUT2D eigenvalue weighted by atomic mass is 16.5. The molecule has 156 valence electrons. The van der Waals surface area contributed by atoms with Crippen LogP contribution in [0.15, 0.2) is 36.4 Å². The molecule has 3 N–H and O–H groups in total. The summed E-state index contributed by atoms with van der Waals surface area (Å²) in [6.07, 6.45) is 1.90. The molecule has 5 rings (SSSR count). The van der Waals surface area contributed by atoms with E-state index in [1.165, 1.54) is 0 Å². The van der Waals surface area contributed by atoms with Gasteiger partial charge in [-0.1, -0.05) is 24.3 Å². The lowest BCUT2D eigenvalue weighted by Crippen LogP contribution is -2.32.